The monoisotopic (exact) mass is 99.0 g/mol. The van der Waals surface area contributed by atoms with Crippen LogP contribution in [0.15, 0.2) is 15.4 Å². The number of carboxylic acid groups (broad SMARTS) is 1. The molecule has 0 aromatic carbocycles. The van der Waals surface area contributed by atoms with Gasteiger partial charge in [-0.2, -0.15) is 0 Å². The summed E-state index contributed by atoms with van der Waals surface area (Å²) in [7, 11) is 0. The zero-order valence-electron chi connectivity index (χ0n) is 3.20. The molecular weight excluding hydrogens is 98.0 g/mol. The van der Waals surface area contributed by atoms with Crippen LogP contribution in [-0.2, 0) is 4.79 Å². The third-order valence-electron chi connectivity index (χ3n) is 0.470. The molecule has 0 aliphatic carbocycles. The Labute approximate surface area is 38.4 Å². The van der Waals surface area contributed by atoms with Crippen molar-refractivity contribution in [2.75, 3.05) is 0 Å². The highest BCUT2D eigenvalue weighted by atomic mass is 16.4. The van der Waals surface area contributed by atoms with Gasteiger partial charge in [-0.05, 0) is 5.22 Å². The largest absolute Gasteiger partial charge is 0.475 e. The van der Waals surface area contributed by atoms with Crippen molar-refractivity contribution in [3.05, 3.63) is 0 Å². The number of carbonyl (C=O) groups is 1. The molecule has 0 atom stereocenters. The zero-order chi connectivity index (χ0) is 5.28. The van der Waals surface area contributed by atoms with Crippen LogP contribution < -0.4 is 0 Å². The van der Waals surface area contributed by atoms with Crippen LogP contribution in [0, 0.1) is 0 Å². The predicted molar refractivity (Wildman–Crippen MR) is 19.9 cm³/mol. The van der Waals surface area contributed by atoms with Crippen molar-refractivity contribution in [3.8, 4) is 0 Å². The van der Waals surface area contributed by atoms with E-state index in [9.17, 15) is 4.79 Å². The van der Waals surface area contributed by atoms with Gasteiger partial charge in [0, 0.05) is 0 Å². The molecule has 1 heterocycles. The second-order valence-electron chi connectivity index (χ2n) is 0.918. The molecule has 7 heavy (non-hydrogen) atoms. The minimum Gasteiger partial charge on any atom is -0.475 e. The molecule has 0 aromatic heterocycles. The van der Waals surface area contributed by atoms with E-state index < -0.39 is 5.97 Å². The molecule has 0 radical (unpaired) electrons. The van der Waals surface area contributed by atoms with Crippen LogP contribution in [0.3, 0.4) is 0 Å². The number of rotatable bonds is 1. The fourth-order valence-corrected chi connectivity index (χ4v) is 0.175. The third-order valence-corrected chi connectivity index (χ3v) is 0.470. The van der Waals surface area contributed by atoms with E-state index in [1.54, 1.807) is 0 Å². The third kappa shape index (κ3) is 0.466. The molecule has 36 valence electrons. The minimum atomic E-state index is -1.13. The maximum Gasteiger partial charge on any atom is 0.377 e. The normalized spacial score (nSPS) is 15.1. The van der Waals surface area contributed by atoms with E-state index in [-0.39, 0.29) is 5.84 Å². The Morgan fingerprint density at radius 1 is 1.71 bits per heavy atom. The number of aliphatic carboxylic acids is 1. The van der Waals surface area contributed by atoms with Crippen LogP contribution in [0.2, 0.25) is 0 Å². The number of hydrogen-bond donors (Lipinski definition) is 1. The molecule has 5 heteroatoms. The highest BCUT2D eigenvalue weighted by molar-refractivity contribution is 6.35. The average Bonchev–Trinajstić information content (AvgIpc) is 1.23. The SMILES string of the molecule is O=C(O)C1=NN=N1. The lowest BCUT2D eigenvalue weighted by Gasteiger charge is -1.91. The van der Waals surface area contributed by atoms with Crippen molar-refractivity contribution in [2.45, 2.75) is 0 Å². The second-order valence-corrected chi connectivity index (χ2v) is 0.918. The van der Waals surface area contributed by atoms with Crippen LogP contribution >= 0.6 is 0 Å². The fourth-order valence-electron chi connectivity index (χ4n) is 0.175. The lowest BCUT2D eigenvalue weighted by Crippen LogP contribution is -2.12. The molecule has 1 aliphatic rings. The Kier molecular flexibility index (Phi) is 0.619. The first-order valence-corrected chi connectivity index (χ1v) is 1.52. The number of nitrogens with zero attached hydrogens (tertiary/aromatic N) is 3. The Balaban J connectivity index is 2.60. The van der Waals surface area contributed by atoms with Crippen LogP contribution in [-0.4, -0.2) is 16.9 Å². The quantitative estimate of drug-likeness (QED) is 0.496. The summed E-state index contributed by atoms with van der Waals surface area (Å²) in [4.78, 5) is 9.70. The molecule has 0 saturated heterocycles. The summed E-state index contributed by atoms with van der Waals surface area (Å²) in [5.41, 5.74) is 0. The van der Waals surface area contributed by atoms with Gasteiger partial charge < -0.3 is 5.11 Å². The van der Waals surface area contributed by atoms with Crippen molar-refractivity contribution in [1.29, 1.82) is 0 Å². The molecule has 0 saturated carbocycles. The molecule has 5 nitrogen and oxygen atoms in total. The van der Waals surface area contributed by atoms with E-state index in [0.29, 0.717) is 0 Å². The van der Waals surface area contributed by atoms with Crippen LogP contribution in [0.4, 0.5) is 0 Å². The van der Waals surface area contributed by atoms with Gasteiger partial charge in [0.15, 0.2) is 0 Å². The molecule has 1 N–H and O–H groups in total. The number of hydrogen-bond acceptors (Lipinski definition) is 4. The molecule has 0 amide bonds. The summed E-state index contributed by atoms with van der Waals surface area (Å²) in [5, 5.41) is 17.0. The maximum atomic E-state index is 9.70. The second kappa shape index (κ2) is 1.11. The van der Waals surface area contributed by atoms with E-state index in [1.165, 1.54) is 0 Å². The Morgan fingerprint density at radius 3 is 2.29 bits per heavy atom. The van der Waals surface area contributed by atoms with Gasteiger partial charge in [0.05, 0.1) is 0 Å². The van der Waals surface area contributed by atoms with Gasteiger partial charge in [0.2, 0.25) is 0 Å². The van der Waals surface area contributed by atoms with Gasteiger partial charge in [0.1, 0.15) is 0 Å². The smallest absolute Gasteiger partial charge is 0.377 e. The fraction of sp³-hybridized carbons (Fsp3) is 0. The van der Waals surface area contributed by atoms with Gasteiger partial charge in [-0.15, -0.1) is 10.2 Å². The standard InChI is InChI=1S/C2HN3O2/c6-2(7)1-3-5-4-1/h(H,6,7). The average molecular weight is 99.0 g/mol. The molecule has 0 unspecified atom stereocenters. The predicted octanol–water partition coefficient (Wildman–Crippen LogP) is -0.150. The van der Waals surface area contributed by atoms with E-state index in [4.69, 9.17) is 5.11 Å². The van der Waals surface area contributed by atoms with Crippen molar-refractivity contribution in [2.24, 2.45) is 15.4 Å². The highest BCUT2D eigenvalue weighted by Crippen LogP contribution is 1.94. The van der Waals surface area contributed by atoms with Gasteiger partial charge in [-0.25, -0.2) is 4.79 Å². The molecule has 0 bridgehead atoms. The summed E-state index contributed by atoms with van der Waals surface area (Å²) in [6.07, 6.45) is 0. The molecular formula is C2HN3O2. The maximum absolute atomic E-state index is 9.70. The van der Waals surface area contributed by atoms with Crippen LogP contribution in [0.1, 0.15) is 0 Å². The summed E-state index contributed by atoms with van der Waals surface area (Å²) < 4.78 is 0. The van der Waals surface area contributed by atoms with E-state index in [0.717, 1.165) is 0 Å². The van der Waals surface area contributed by atoms with Crippen molar-refractivity contribution >= 4 is 11.8 Å². The van der Waals surface area contributed by atoms with Gasteiger partial charge in [-0.1, -0.05) is 0 Å². The topological polar surface area (TPSA) is 74.4 Å². The number of amidine groups is 1. The van der Waals surface area contributed by atoms with Crippen LogP contribution in [0.5, 0.6) is 0 Å². The lowest BCUT2D eigenvalue weighted by molar-refractivity contribution is -0.129. The molecule has 1 aliphatic heterocycles. The minimum absolute atomic E-state index is 0.222. The summed E-state index contributed by atoms with van der Waals surface area (Å²) in [5.74, 6) is -1.35. The van der Waals surface area contributed by atoms with Crippen molar-refractivity contribution in [1.82, 2.24) is 0 Å². The zero-order valence-corrected chi connectivity index (χ0v) is 3.20. The Morgan fingerprint density at radius 2 is 2.29 bits per heavy atom. The van der Waals surface area contributed by atoms with E-state index in [2.05, 4.69) is 15.4 Å². The summed E-state index contributed by atoms with van der Waals surface area (Å²) in [6.45, 7) is 0. The van der Waals surface area contributed by atoms with Gasteiger partial charge in [-0.3, -0.25) is 0 Å². The van der Waals surface area contributed by atoms with Crippen molar-refractivity contribution in [3.63, 3.8) is 0 Å². The van der Waals surface area contributed by atoms with Crippen LogP contribution in [0.25, 0.3) is 0 Å². The first kappa shape index (κ1) is 3.91. The molecule has 1 rings (SSSR count). The highest BCUT2D eigenvalue weighted by Gasteiger charge is 2.12. The molecule has 0 aromatic rings. The summed E-state index contributed by atoms with van der Waals surface area (Å²) >= 11 is 0. The van der Waals surface area contributed by atoms with E-state index >= 15 is 0 Å². The Bertz CT molecular complexity index is 158. The molecule has 0 spiro atoms. The van der Waals surface area contributed by atoms with Gasteiger partial charge >= 0.3 is 5.97 Å². The first-order valence-electron chi connectivity index (χ1n) is 1.52. The number of carboxylic acids is 1. The van der Waals surface area contributed by atoms with E-state index in [1.807, 2.05) is 0 Å². The molecule has 0 fully saturated rings. The van der Waals surface area contributed by atoms with Crippen molar-refractivity contribution < 1.29 is 9.90 Å². The lowest BCUT2D eigenvalue weighted by atomic mass is 10.6. The van der Waals surface area contributed by atoms with Gasteiger partial charge in [0.25, 0.3) is 5.84 Å². The summed E-state index contributed by atoms with van der Waals surface area (Å²) in [6, 6.07) is 0. The Hall–Kier alpha value is -1.26. The first-order chi connectivity index (χ1) is 3.30.